The van der Waals surface area contributed by atoms with Crippen LogP contribution in [0.15, 0.2) is 29.8 Å². The number of aryl methyl sites for hydroxylation is 1. The molecule has 4 atom stereocenters. The van der Waals surface area contributed by atoms with Gasteiger partial charge in [0, 0.05) is 32.5 Å². The van der Waals surface area contributed by atoms with Gasteiger partial charge in [-0.05, 0) is 67.9 Å². The average molecular weight is 716 g/mol. The van der Waals surface area contributed by atoms with Crippen LogP contribution >= 0.6 is 11.3 Å². The van der Waals surface area contributed by atoms with Gasteiger partial charge in [-0.3, -0.25) is 14.4 Å². The summed E-state index contributed by atoms with van der Waals surface area (Å²) in [7, 11) is -1.73. The molecule has 1 aromatic carbocycles. The molecule has 2 unspecified atom stereocenters. The SMILES string of the molecule is Cc1ncsc1-c1ccc(C(C)NC(=O)[C@@H]2C[C@@H](O)CN2C(=O)C(NC(=O)CCCCCNCCO[Si](C)(C)C(C)(C)C)C(C)(C)C)cc1. The number of hydrogen-bond donors (Lipinski definition) is 4. The molecule has 1 saturated heterocycles. The molecule has 1 aromatic heterocycles. The number of nitrogens with one attached hydrogen (secondary N) is 3. The zero-order chi connectivity index (χ0) is 36.6. The third-order valence-electron chi connectivity index (χ3n) is 9.87. The Bertz CT molecular complexity index is 1380. The number of hydrogen-bond acceptors (Lipinski definition) is 8. The lowest BCUT2D eigenvalue weighted by Crippen LogP contribution is -2.57. The van der Waals surface area contributed by atoms with Crippen molar-refractivity contribution in [1.82, 2.24) is 25.8 Å². The Morgan fingerprint density at radius 3 is 2.31 bits per heavy atom. The van der Waals surface area contributed by atoms with Crippen LogP contribution < -0.4 is 16.0 Å². The quantitative estimate of drug-likeness (QED) is 0.125. The summed E-state index contributed by atoms with van der Waals surface area (Å²) >= 11 is 1.59. The number of aromatic nitrogens is 1. The highest BCUT2D eigenvalue weighted by atomic mass is 32.1. The van der Waals surface area contributed by atoms with E-state index < -0.39 is 31.9 Å². The van der Waals surface area contributed by atoms with Crippen molar-refractivity contribution in [3.63, 3.8) is 0 Å². The highest BCUT2D eigenvalue weighted by molar-refractivity contribution is 7.13. The van der Waals surface area contributed by atoms with E-state index in [1.165, 1.54) is 4.90 Å². The number of nitrogens with zero attached hydrogens (tertiary/aromatic N) is 2. The van der Waals surface area contributed by atoms with Gasteiger partial charge in [-0.25, -0.2) is 4.98 Å². The van der Waals surface area contributed by atoms with Crippen LogP contribution in [0.25, 0.3) is 10.4 Å². The van der Waals surface area contributed by atoms with Crippen molar-refractivity contribution in [1.29, 1.82) is 0 Å². The fourth-order valence-electron chi connectivity index (χ4n) is 5.68. The first-order valence-electron chi connectivity index (χ1n) is 17.7. The summed E-state index contributed by atoms with van der Waals surface area (Å²) < 4.78 is 6.21. The number of amides is 3. The number of carbonyl (C=O) groups is 3. The first kappa shape index (κ1) is 40.8. The lowest BCUT2D eigenvalue weighted by atomic mass is 9.85. The van der Waals surface area contributed by atoms with Crippen LogP contribution in [0.3, 0.4) is 0 Å². The number of likely N-dealkylation sites (tertiary alicyclic amines) is 1. The average Bonchev–Trinajstić information content (AvgIpc) is 3.62. The van der Waals surface area contributed by atoms with E-state index in [1.807, 2.05) is 64.4 Å². The summed E-state index contributed by atoms with van der Waals surface area (Å²) in [5, 5.41) is 20.2. The number of rotatable bonds is 16. The third-order valence-corrected chi connectivity index (χ3v) is 15.4. The molecule has 4 N–H and O–H groups in total. The van der Waals surface area contributed by atoms with Gasteiger partial charge in [0.2, 0.25) is 17.7 Å². The lowest BCUT2D eigenvalue weighted by Gasteiger charge is -2.36. The van der Waals surface area contributed by atoms with Gasteiger partial charge in [0.05, 0.1) is 28.2 Å². The van der Waals surface area contributed by atoms with Crippen LogP contribution in [-0.4, -0.2) is 85.5 Å². The highest BCUT2D eigenvalue weighted by Gasteiger charge is 2.44. The van der Waals surface area contributed by atoms with E-state index in [-0.39, 0.29) is 41.8 Å². The molecule has 2 aromatic rings. The number of carbonyl (C=O) groups excluding carboxylic acids is 3. The Balaban J connectivity index is 1.49. The molecule has 3 rings (SSSR count). The van der Waals surface area contributed by atoms with E-state index in [0.29, 0.717) is 13.0 Å². The number of aliphatic hydroxyl groups is 1. The molecular formula is C37H61N5O5SSi. The van der Waals surface area contributed by atoms with Crippen molar-refractivity contribution in [3.05, 3.63) is 41.0 Å². The number of β-amino-alcohol motifs (C(OH)–C–C–N with tert-alkyl or cyclic N) is 1. The molecule has 0 saturated carbocycles. The summed E-state index contributed by atoms with van der Waals surface area (Å²) in [6.07, 6.45) is 2.21. The minimum absolute atomic E-state index is 0.0462. The van der Waals surface area contributed by atoms with Crippen molar-refractivity contribution in [2.24, 2.45) is 5.41 Å². The zero-order valence-electron chi connectivity index (χ0n) is 31.4. The monoisotopic (exact) mass is 715 g/mol. The molecule has 0 bridgehead atoms. The lowest BCUT2D eigenvalue weighted by molar-refractivity contribution is -0.144. The molecule has 2 heterocycles. The fraction of sp³-hybridized carbons (Fsp3) is 0.676. The number of thiazole rings is 1. The first-order chi connectivity index (χ1) is 22.8. The molecule has 49 heavy (non-hydrogen) atoms. The molecule has 0 spiro atoms. The van der Waals surface area contributed by atoms with Crippen LogP contribution in [0, 0.1) is 12.3 Å². The fourth-order valence-corrected chi connectivity index (χ4v) is 7.54. The van der Waals surface area contributed by atoms with Crippen LogP contribution in [0.2, 0.25) is 18.1 Å². The smallest absolute Gasteiger partial charge is 0.246 e. The Morgan fingerprint density at radius 1 is 1.04 bits per heavy atom. The van der Waals surface area contributed by atoms with Gasteiger partial charge in [0.25, 0.3) is 0 Å². The molecule has 3 amide bonds. The van der Waals surface area contributed by atoms with E-state index in [1.54, 1.807) is 11.3 Å². The molecule has 1 aliphatic heterocycles. The normalized spacial score (nSPS) is 18.3. The number of unbranched alkanes of at least 4 members (excludes halogenated alkanes) is 2. The molecule has 274 valence electrons. The predicted molar refractivity (Wildman–Crippen MR) is 201 cm³/mol. The number of benzene rings is 1. The van der Waals surface area contributed by atoms with Gasteiger partial charge in [-0.1, -0.05) is 72.2 Å². The molecule has 1 aliphatic rings. The van der Waals surface area contributed by atoms with Crippen molar-refractivity contribution in [2.45, 2.75) is 130 Å². The van der Waals surface area contributed by atoms with Crippen molar-refractivity contribution in [2.75, 3.05) is 26.2 Å². The second-order valence-corrected chi connectivity index (χ2v) is 21.7. The molecule has 12 heteroatoms. The minimum Gasteiger partial charge on any atom is -0.416 e. The van der Waals surface area contributed by atoms with E-state index in [0.717, 1.165) is 54.0 Å². The van der Waals surface area contributed by atoms with Gasteiger partial charge in [-0.15, -0.1) is 11.3 Å². The van der Waals surface area contributed by atoms with Crippen LogP contribution in [0.1, 0.15) is 97.9 Å². The number of aliphatic hydroxyl groups excluding tert-OH is 1. The van der Waals surface area contributed by atoms with Gasteiger partial charge >= 0.3 is 0 Å². The zero-order valence-corrected chi connectivity index (χ0v) is 33.3. The van der Waals surface area contributed by atoms with Gasteiger partial charge in [-0.2, -0.15) is 0 Å². The van der Waals surface area contributed by atoms with E-state index in [9.17, 15) is 19.5 Å². The van der Waals surface area contributed by atoms with Gasteiger partial charge in [0.1, 0.15) is 12.1 Å². The highest BCUT2D eigenvalue weighted by Crippen LogP contribution is 2.36. The van der Waals surface area contributed by atoms with Crippen LogP contribution in [0.4, 0.5) is 0 Å². The third kappa shape index (κ3) is 11.7. The second kappa shape index (κ2) is 17.5. The van der Waals surface area contributed by atoms with Crippen LogP contribution in [0.5, 0.6) is 0 Å². The summed E-state index contributed by atoms with van der Waals surface area (Å²) in [5.41, 5.74) is 4.22. The standard InChI is InChI=1S/C37H61N5O5SSi/c1-25(27-15-17-28(18-16-27)32-26(2)39-24-48-32)40-34(45)30-22-29(43)23-42(30)35(46)33(36(3,4)5)41-31(44)14-12-11-13-19-38-20-21-47-49(9,10)37(6,7)8/h15-18,24-25,29-30,33,38,43H,11-14,19-23H2,1-10H3,(H,40,45)(H,41,44)/t25?,29-,30+,33?/m1/s1. The minimum atomic E-state index is -1.73. The maximum atomic E-state index is 13.9. The Hall–Kier alpha value is -2.64. The molecule has 0 radical (unpaired) electrons. The Labute approximate surface area is 299 Å². The topological polar surface area (TPSA) is 133 Å². The van der Waals surface area contributed by atoms with E-state index in [2.05, 4.69) is 54.8 Å². The van der Waals surface area contributed by atoms with Crippen LogP contribution in [-0.2, 0) is 18.8 Å². The summed E-state index contributed by atoms with van der Waals surface area (Å²) in [4.78, 5) is 47.4. The maximum absolute atomic E-state index is 13.9. The van der Waals surface area contributed by atoms with E-state index >= 15 is 0 Å². The first-order valence-corrected chi connectivity index (χ1v) is 21.5. The molecular weight excluding hydrogens is 655 g/mol. The van der Waals surface area contributed by atoms with Crippen molar-refractivity contribution in [3.8, 4) is 10.4 Å². The summed E-state index contributed by atoms with van der Waals surface area (Å²) in [5.74, 6) is -0.854. The summed E-state index contributed by atoms with van der Waals surface area (Å²) in [6.45, 7) is 23.2. The predicted octanol–water partition coefficient (Wildman–Crippen LogP) is 5.96. The Kier molecular flexibility index (Phi) is 14.6. The second-order valence-electron chi connectivity index (χ2n) is 16.1. The largest absolute Gasteiger partial charge is 0.416 e. The Morgan fingerprint density at radius 2 is 1.71 bits per heavy atom. The van der Waals surface area contributed by atoms with Crippen molar-refractivity contribution < 1.29 is 23.9 Å². The maximum Gasteiger partial charge on any atom is 0.246 e. The summed E-state index contributed by atoms with van der Waals surface area (Å²) in [6, 6.07) is 6.05. The van der Waals surface area contributed by atoms with E-state index in [4.69, 9.17) is 4.43 Å². The molecule has 0 aliphatic carbocycles. The van der Waals surface area contributed by atoms with Crippen molar-refractivity contribution >= 4 is 37.4 Å². The van der Waals surface area contributed by atoms with Gasteiger partial charge in [0.15, 0.2) is 8.32 Å². The molecule has 10 nitrogen and oxygen atoms in total. The van der Waals surface area contributed by atoms with Gasteiger partial charge < -0.3 is 30.4 Å². The molecule has 1 fully saturated rings.